The highest BCUT2D eigenvalue weighted by atomic mass is 32.1. The summed E-state index contributed by atoms with van der Waals surface area (Å²) in [5.74, 6) is 1.33. The topological polar surface area (TPSA) is 52.8 Å². The van der Waals surface area contributed by atoms with Crippen molar-refractivity contribution >= 4 is 27.5 Å². The molecule has 0 fully saturated rings. The zero-order chi connectivity index (χ0) is 20.1. The van der Waals surface area contributed by atoms with E-state index in [1.807, 2.05) is 51.1 Å². The second-order valence-electron chi connectivity index (χ2n) is 6.71. The Morgan fingerprint density at radius 3 is 2.46 bits per heavy atom. The van der Waals surface area contributed by atoms with Crippen LogP contribution in [0.4, 0.5) is 0 Å². The van der Waals surface area contributed by atoms with Crippen molar-refractivity contribution in [1.82, 2.24) is 4.57 Å². The van der Waals surface area contributed by atoms with Crippen molar-refractivity contribution in [3.63, 3.8) is 0 Å². The van der Waals surface area contributed by atoms with Gasteiger partial charge in [-0.2, -0.15) is 4.99 Å². The van der Waals surface area contributed by atoms with Crippen LogP contribution in [-0.2, 0) is 6.54 Å². The molecule has 148 valence electrons. The Balaban J connectivity index is 1.97. The third-order valence-electron chi connectivity index (χ3n) is 4.08. The van der Waals surface area contributed by atoms with Crippen molar-refractivity contribution < 1.29 is 14.3 Å². The lowest BCUT2D eigenvalue weighted by Crippen LogP contribution is -2.16. The van der Waals surface area contributed by atoms with Gasteiger partial charge in [-0.3, -0.25) is 4.79 Å². The minimum atomic E-state index is -0.252. The number of carbonyl (C=O) groups excluding carboxylic acids is 1. The number of carbonyl (C=O) groups is 1. The number of hydrogen-bond acceptors (Lipinski definition) is 4. The normalized spacial score (nSPS) is 12.0. The van der Waals surface area contributed by atoms with Crippen molar-refractivity contribution in [2.75, 3.05) is 6.61 Å². The number of rotatable bonds is 7. The van der Waals surface area contributed by atoms with Gasteiger partial charge in [0.2, 0.25) is 0 Å². The highest BCUT2D eigenvalue weighted by Gasteiger charge is 2.10. The number of benzene rings is 2. The van der Waals surface area contributed by atoms with Gasteiger partial charge in [0.1, 0.15) is 11.5 Å². The van der Waals surface area contributed by atoms with E-state index in [1.165, 1.54) is 11.3 Å². The monoisotopic (exact) mass is 398 g/mol. The maximum Gasteiger partial charge on any atom is 0.279 e. The number of ether oxygens (including phenoxy) is 2. The summed E-state index contributed by atoms with van der Waals surface area (Å²) >= 11 is 1.51. The fourth-order valence-corrected chi connectivity index (χ4v) is 4.02. The smallest absolute Gasteiger partial charge is 0.279 e. The van der Waals surface area contributed by atoms with Gasteiger partial charge in [-0.15, -0.1) is 0 Å². The fraction of sp³-hybridized carbons (Fsp3) is 0.364. The van der Waals surface area contributed by atoms with Crippen molar-refractivity contribution in [2.45, 2.75) is 46.8 Å². The molecular weight excluding hydrogens is 372 g/mol. The third kappa shape index (κ3) is 4.62. The van der Waals surface area contributed by atoms with Gasteiger partial charge in [-0.1, -0.05) is 18.3 Å². The van der Waals surface area contributed by atoms with Crippen LogP contribution in [0.3, 0.4) is 0 Å². The quantitative estimate of drug-likeness (QED) is 0.560. The molecule has 0 atom stereocenters. The first-order chi connectivity index (χ1) is 13.5. The molecule has 0 aliphatic rings. The molecule has 0 radical (unpaired) electrons. The summed E-state index contributed by atoms with van der Waals surface area (Å²) < 4.78 is 14.4. The molecule has 0 aliphatic heterocycles. The van der Waals surface area contributed by atoms with Gasteiger partial charge in [-0.25, -0.2) is 0 Å². The molecule has 0 N–H and O–H groups in total. The lowest BCUT2D eigenvalue weighted by Gasteiger charge is -2.09. The molecule has 0 unspecified atom stereocenters. The summed E-state index contributed by atoms with van der Waals surface area (Å²) in [4.78, 5) is 17.8. The van der Waals surface area contributed by atoms with Crippen LogP contribution < -0.4 is 14.3 Å². The van der Waals surface area contributed by atoms with Gasteiger partial charge in [0.15, 0.2) is 4.80 Å². The van der Waals surface area contributed by atoms with Gasteiger partial charge in [0, 0.05) is 12.1 Å². The van der Waals surface area contributed by atoms with Crippen LogP contribution in [0.2, 0.25) is 0 Å². The molecule has 3 rings (SSSR count). The average molecular weight is 399 g/mol. The largest absolute Gasteiger partial charge is 0.494 e. The molecule has 28 heavy (non-hydrogen) atoms. The lowest BCUT2D eigenvalue weighted by molar-refractivity contribution is 0.0997. The van der Waals surface area contributed by atoms with E-state index in [1.54, 1.807) is 12.1 Å². The van der Waals surface area contributed by atoms with Gasteiger partial charge in [-0.05, 0) is 69.7 Å². The first-order valence-corrected chi connectivity index (χ1v) is 10.5. The number of amides is 1. The summed E-state index contributed by atoms with van der Waals surface area (Å²) in [5.41, 5.74) is 1.62. The predicted octanol–water partition coefficient (Wildman–Crippen LogP) is 5.04. The van der Waals surface area contributed by atoms with E-state index in [0.717, 1.165) is 34.7 Å². The van der Waals surface area contributed by atoms with Crippen molar-refractivity contribution in [3.8, 4) is 11.5 Å². The molecule has 5 nitrogen and oxygen atoms in total. The predicted molar refractivity (Wildman–Crippen MR) is 113 cm³/mol. The standard InChI is InChI=1S/C22H26N2O3S/c1-5-13-24-19-12-11-18(26-6-2)14-20(19)28-22(24)23-21(25)16-7-9-17(10-8-16)27-15(3)4/h7-12,14-15H,5-6,13H2,1-4H3. The molecule has 2 aromatic carbocycles. The minimum absolute atomic E-state index is 0.0966. The molecule has 6 heteroatoms. The summed E-state index contributed by atoms with van der Waals surface area (Å²) in [7, 11) is 0. The van der Waals surface area contributed by atoms with Crippen LogP contribution in [0.5, 0.6) is 11.5 Å². The number of aryl methyl sites for hydroxylation is 1. The Morgan fingerprint density at radius 1 is 1.11 bits per heavy atom. The van der Waals surface area contributed by atoms with Crippen LogP contribution in [0.25, 0.3) is 10.2 Å². The van der Waals surface area contributed by atoms with Gasteiger partial charge in [0.05, 0.1) is 22.9 Å². The highest BCUT2D eigenvalue weighted by Crippen LogP contribution is 2.24. The lowest BCUT2D eigenvalue weighted by atomic mass is 10.2. The van der Waals surface area contributed by atoms with Gasteiger partial charge in [0.25, 0.3) is 5.91 Å². The Bertz CT molecular complexity index is 1020. The zero-order valence-electron chi connectivity index (χ0n) is 16.8. The summed E-state index contributed by atoms with van der Waals surface area (Å²) in [6.07, 6.45) is 1.06. The van der Waals surface area contributed by atoms with E-state index in [-0.39, 0.29) is 12.0 Å². The van der Waals surface area contributed by atoms with E-state index in [4.69, 9.17) is 9.47 Å². The van der Waals surface area contributed by atoms with Gasteiger partial charge < -0.3 is 14.0 Å². The number of hydrogen-bond donors (Lipinski definition) is 0. The van der Waals surface area contributed by atoms with Crippen LogP contribution in [0, 0.1) is 0 Å². The zero-order valence-corrected chi connectivity index (χ0v) is 17.6. The molecular formula is C22H26N2O3S. The summed E-state index contributed by atoms with van der Waals surface area (Å²) in [5, 5.41) is 0. The molecule has 0 spiro atoms. The van der Waals surface area contributed by atoms with Crippen molar-refractivity contribution in [1.29, 1.82) is 0 Å². The van der Waals surface area contributed by atoms with E-state index >= 15 is 0 Å². The molecule has 1 aromatic heterocycles. The first kappa shape index (κ1) is 20.1. The first-order valence-electron chi connectivity index (χ1n) is 9.63. The fourth-order valence-electron chi connectivity index (χ4n) is 2.93. The summed E-state index contributed by atoms with van der Waals surface area (Å²) in [6, 6.07) is 13.1. The van der Waals surface area contributed by atoms with Crippen LogP contribution in [0.1, 0.15) is 44.5 Å². The van der Waals surface area contributed by atoms with E-state index in [0.29, 0.717) is 17.0 Å². The Hall–Kier alpha value is -2.60. The SMILES string of the molecule is CCCn1c(=NC(=O)c2ccc(OC(C)C)cc2)sc2cc(OCC)ccc21. The van der Waals surface area contributed by atoms with Crippen molar-refractivity contribution in [3.05, 3.63) is 52.8 Å². The van der Waals surface area contributed by atoms with Crippen LogP contribution in [-0.4, -0.2) is 23.2 Å². The maximum atomic E-state index is 12.7. The number of aromatic nitrogens is 1. The molecule has 0 saturated heterocycles. The Labute approximate surface area is 169 Å². The van der Waals surface area contributed by atoms with Gasteiger partial charge >= 0.3 is 0 Å². The minimum Gasteiger partial charge on any atom is -0.494 e. The maximum absolute atomic E-state index is 12.7. The number of thiazole rings is 1. The third-order valence-corrected chi connectivity index (χ3v) is 5.12. The molecule has 1 amide bonds. The number of fused-ring (bicyclic) bond motifs is 1. The molecule has 3 aromatic rings. The van der Waals surface area contributed by atoms with E-state index in [2.05, 4.69) is 16.5 Å². The van der Waals surface area contributed by atoms with E-state index < -0.39 is 0 Å². The Morgan fingerprint density at radius 2 is 1.82 bits per heavy atom. The van der Waals surface area contributed by atoms with Crippen LogP contribution in [0.15, 0.2) is 47.5 Å². The molecule has 0 aliphatic carbocycles. The second-order valence-corrected chi connectivity index (χ2v) is 7.72. The Kier molecular flexibility index (Phi) is 6.52. The van der Waals surface area contributed by atoms with Crippen molar-refractivity contribution in [2.24, 2.45) is 4.99 Å². The van der Waals surface area contributed by atoms with E-state index in [9.17, 15) is 4.79 Å². The second kappa shape index (κ2) is 9.06. The summed E-state index contributed by atoms with van der Waals surface area (Å²) in [6.45, 7) is 9.45. The highest BCUT2D eigenvalue weighted by molar-refractivity contribution is 7.16. The molecule has 0 saturated carbocycles. The molecule has 0 bridgehead atoms. The van der Waals surface area contributed by atoms with Crippen LogP contribution >= 0.6 is 11.3 Å². The molecule has 1 heterocycles. The average Bonchev–Trinajstić information content (AvgIpc) is 2.99. The number of nitrogens with zero attached hydrogens (tertiary/aromatic N) is 2.